The first-order valence-electron chi connectivity index (χ1n) is 12.7. The summed E-state index contributed by atoms with van der Waals surface area (Å²) in [7, 11) is 0. The summed E-state index contributed by atoms with van der Waals surface area (Å²) < 4.78 is 11.3. The SMILES string of the molecule is CC(C)Oc1ccc(-c2nc(-c3cccc4c3CC[C@@H]4NC(=O)N3CCC[C@@H](C)C3)no2)cc1C#N. The first-order valence-corrected chi connectivity index (χ1v) is 12.7. The van der Waals surface area contributed by atoms with Crippen LogP contribution in [0.15, 0.2) is 40.9 Å². The molecule has 0 unspecified atom stereocenters. The molecular weight excluding hydrogens is 454 g/mol. The molecule has 2 aliphatic rings. The molecule has 1 aliphatic carbocycles. The predicted molar refractivity (Wildman–Crippen MR) is 135 cm³/mol. The van der Waals surface area contributed by atoms with Crippen LogP contribution < -0.4 is 10.1 Å². The second kappa shape index (κ2) is 10.0. The number of carbonyl (C=O) groups is 1. The first kappa shape index (κ1) is 23.9. The van der Waals surface area contributed by atoms with Crippen molar-refractivity contribution in [1.82, 2.24) is 20.4 Å². The Kier molecular flexibility index (Phi) is 6.64. The molecule has 0 spiro atoms. The summed E-state index contributed by atoms with van der Waals surface area (Å²) in [6.07, 6.45) is 3.88. The minimum absolute atomic E-state index is 0.0184. The van der Waals surface area contributed by atoms with Gasteiger partial charge in [0.2, 0.25) is 5.82 Å². The van der Waals surface area contributed by atoms with Gasteiger partial charge in [-0.3, -0.25) is 0 Å². The van der Waals surface area contributed by atoms with Crippen LogP contribution in [0.2, 0.25) is 0 Å². The van der Waals surface area contributed by atoms with Crippen molar-refractivity contribution in [3.05, 3.63) is 53.1 Å². The van der Waals surface area contributed by atoms with Crippen LogP contribution in [-0.2, 0) is 6.42 Å². The number of aromatic nitrogens is 2. The van der Waals surface area contributed by atoms with Gasteiger partial charge in [0.15, 0.2) is 0 Å². The molecule has 1 N–H and O–H groups in total. The zero-order valence-corrected chi connectivity index (χ0v) is 21.0. The molecule has 2 amide bonds. The number of carbonyl (C=O) groups excluding carboxylic acids is 1. The second-order valence-electron chi connectivity index (χ2n) is 10.0. The molecule has 1 saturated heterocycles. The standard InChI is InChI=1S/C28H31N5O3/c1-17(2)35-25-12-9-19(14-20(25)15-29)27-31-26(32-36-27)23-8-4-7-22-21(23)10-11-24(22)30-28(34)33-13-5-6-18(3)16-33/h4,7-9,12,14,17-18,24H,5-6,10-11,13,16H2,1-3H3,(H,30,34)/t18-,24+/m1/s1. The summed E-state index contributed by atoms with van der Waals surface area (Å²) in [5, 5.41) is 17.0. The third kappa shape index (κ3) is 4.78. The Bertz CT molecular complexity index is 1310. The summed E-state index contributed by atoms with van der Waals surface area (Å²) in [6, 6.07) is 13.5. The average molecular weight is 486 g/mol. The number of nitrogens with one attached hydrogen (secondary N) is 1. The van der Waals surface area contributed by atoms with Gasteiger partial charge in [-0.05, 0) is 74.8 Å². The number of nitriles is 1. The number of hydrogen-bond donors (Lipinski definition) is 1. The zero-order valence-electron chi connectivity index (χ0n) is 21.0. The number of benzene rings is 2. The van der Waals surface area contributed by atoms with Gasteiger partial charge in [-0.25, -0.2) is 4.79 Å². The van der Waals surface area contributed by atoms with E-state index < -0.39 is 0 Å². The van der Waals surface area contributed by atoms with Gasteiger partial charge >= 0.3 is 6.03 Å². The minimum atomic E-state index is -0.0323. The third-order valence-corrected chi connectivity index (χ3v) is 6.89. The molecule has 1 fully saturated rings. The molecule has 0 bridgehead atoms. The zero-order chi connectivity index (χ0) is 25.2. The highest BCUT2D eigenvalue weighted by Gasteiger charge is 2.30. The highest BCUT2D eigenvalue weighted by Crippen LogP contribution is 2.38. The summed E-state index contributed by atoms with van der Waals surface area (Å²) in [6.45, 7) is 7.67. The molecule has 186 valence electrons. The van der Waals surface area contributed by atoms with E-state index in [4.69, 9.17) is 9.26 Å². The molecule has 3 aromatic rings. The lowest BCUT2D eigenvalue weighted by atomic mass is 10.0. The molecule has 1 aliphatic heterocycles. The minimum Gasteiger partial charge on any atom is -0.490 e. The van der Waals surface area contributed by atoms with E-state index in [9.17, 15) is 10.1 Å². The Morgan fingerprint density at radius 1 is 1.28 bits per heavy atom. The van der Waals surface area contributed by atoms with Crippen molar-refractivity contribution in [2.75, 3.05) is 13.1 Å². The number of fused-ring (bicyclic) bond motifs is 1. The lowest BCUT2D eigenvalue weighted by molar-refractivity contribution is 0.166. The van der Waals surface area contributed by atoms with Gasteiger partial charge in [-0.2, -0.15) is 10.2 Å². The van der Waals surface area contributed by atoms with Crippen LogP contribution in [-0.4, -0.2) is 40.3 Å². The van der Waals surface area contributed by atoms with E-state index in [1.54, 1.807) is 12.1 Å². The number of urea groups is 1. The highest BCUT2D eigenvalue weighted by atomic mass is 16.5. The maximum Gasteiger partial charge on any atom is 0.317 e. The number of likely N-dealkylation sites (tertiary alicyclic amines) is 1. The quantitative estimate of drug-likeness (QED) is 0.512. The Hall–Kier alpha value is -3.86. The Balaban J connectivity index is 1.36. The van der Waals surface area contributed by atoms with Crippen LogP contribution in [0.3, 0.4) is 0 Å². The number of ether oxygens (including phenoxy) is 1. The van der Waals surface area contributed by atoms with Gasteiger partial charge in [-0.15, -0.1) is 0 Å². The fraction of sp³-hybridized carbons (Fsp3) is 0.429. The second-order valence-corrected chi connectivity index (χ2v) is 10.0. The number of piperidine rings is 1. The molecule has 36 heavy (non-hydrogen) atoms. The maximum atomic E-state index is 12.9. The third-order valence-electron chi connectivity index (χ3n) is 6.89. The molecule has 1 aromatic heterocycles. The highest BCUT2D eigenvalue weighted by molar-refractivity contribution is 5.76. The van der Waals surface area contributed by atoms with Crippen molar-refractivity contribution in [3.63, 3.8) is 0 Å². The van der Waals surface area contributed by atoms with Crippen LogP contribution in [0.25, 0.3) is 22.8 Å². The van der Waals surface area contributed by atoms with E-state index in [-0.39, 0.29) is 18.2 Å². The molecule has 8 nitrogen and oxygen atoms in total. The number of nitrogens with zero attached hydrogens (tertiary/aromatic N) is 4. The van der Waals surface area contributed by atoms with Crippen LogP contribution in [0.1, 0.15) is 62.8 Å². The molecular formula is C28H31N5O3. The van der Waals surface area contributed by atoms with E-state index >= 15 is 0 Å². The Labute approximate surface area is 211 Å². The van der Waals surface area contributed by atoms with Gasteiger partial charge in [0, 0.05) is 24.2 Å². The molecule has 2 heterocycles. The van der Waals surface area contributed by atoms with E-state index in [1.807, 2.05) is 36.9 Å². The number of amides is 2. The smallest absolute Gasteiger partial charge is 0.317 e. The normalized spacial score (nSPS) is 19.1. The van der Waals surface area contributed by atoms with E-state index in [0.717, 1.165) is 49.0 Å². The maximum absolute atomic E-state index is 12.9. The molecule has 0 radical (unpaired) electrons. The van der Waals surface area contributed by atoms with Gasteiger partial charge in [0.05, 0.1) is 17.7 Å². The topological polar surface area (TPSA) is 104 Å². The van der Waals surface area contributed by atoms with Crippen LogP contribution in [0.5, 0.6) is 5.75 Å². The Morgan fingerprint density at radius 3 is 2.92 bits per heavy atom. The first-order chi connectivity index (χ1) is 17.4. The van der Waals surface area contributed by atoms with Crippen LogP contribution >= 0.6 is 0 Å². The van der Waals surface area contributed by atoms with Crippen molar-refractivity contribution >= 4 is 6.03 Å². The lowest BCUT2D eigenvalue weighted by Crippen LogP contribution is -2.45. The fourth-order valence-electron chi connectivity index (χ4n) is 5.19. The van der Waals surface area contributed by atoms with Crippen molar-refractivity contribution < 1.29 is 14.1 Å². The van der Waals surface area contributed by atoms with Crippen molar-refractivity contribution in [3.8, 4) is 34.7 Å². The van der Waals surface area contributed by atoms with Crippen molar-refractivity contribution in [2.45, 2.75) is 58.6 Å². The van der Waals surface area contributed by atoms with Gasteiger partial charge in [0.1, 0.15) is 11.8 Å². The summed E-state index contributed by atoms with van der Waals surface area (Å²) in [5.41, 5.74) is 4.24. The molecule has 0 saturated carbocycles. The summed E-state index contributed by atoms with van der Waals surface area (Å²) >= 11 is 0. The van der Waals surface area contributed by atoms with Crippen LogP contribution in [0.4, 0.5) is 4.79 Å². The summed E-state index contributed by atoms with van der Waals surface area (Å²) in [4.78, 5) is 19.5. The predicted octanol–water partition coefficient (Wildman–Crippen LogP) is 5.49. The lowest BCUT2D eigenvalue weighted by Gasteiger charge is -2.32. The van der Waals surface area contributed by atoms with E-state index in [2.05, 4.69) is 34.5 Å². The van der Waals surface area contributed by atoms with Gasteiger partial charge < -0.3 is 19.5 Å². The Morgan fingerprint density at radius 2 is 2.14 bits per heavy atom. The van der Waals surface area contributed by atoms with Gasteiger partial charge in [-0.1, -0.05) is 30.3 Å². The molecule has 8 heteroatoms. The molecule has 2 atom stereocenters. The van der Waals surface area contributed by atoms with E-state index in [1.165, 1.54) is 6.42 Å². The summed E-state index contributed by atoms with van der Waals surface area (Å²) in [5.74, 6) is 1.92. The fourth-order valence-corrected chi connectivity index (χ4v) is 5.19. The molecule has 5 rings (SSSR count). The number of hydrogen-bond acceptors (Lipinski definition) is 6. The largest absolute Gasteiger partial charge is 0.490 e. The monoisotopic (exact) mass is 485 g/mol. The van der Waals surface area contributed by atoms with Crippen molar-refractivity contribution in [2.24, 2.45) is 5.92 Å². The van der Waals surface area contributed by atoms with E-state index in [0.29, 0.717) is 34.5 Å². The van der Waals surface area contributed by atoms with Gasteiger partial charge in [0.25, 0.3) is 5.89 Å². The van der Waals surface area contributed by atoms with Crippen molar-refractivity contribution in [1.29, 1.82) is 5.26 Å². The number of rotatable bonds is 5. The van der Waals surface area contributed by atoms with Crippen LogP contribution in [0, 0.1) is 17.2 Å². The molecule has 2 aromatic carbocycles. The average Bonchev–Trinajstić information content (AvgIpc) is 3.52.